The summed E-state index contributed by atoms with van der Waals surface area (Å²) in [5.41, 5.74) is 0. The lowest BCUT2D eigenvalue weighted by molar-refractivity contribution is 0.0672. The molecule has 1 atom stereocenters. The van der Waals surface area contributed by atoms with Crippen LogP contribution in [-0.2, 0) is 4.74 Å². The van der Waals surface area contributed by atoms with Gasteiger partial charge in [0.25, 0.3) is 0 Å². The summed E-state index contributed by atoms with van der Waals surface area (Å²) in [6.45, 7) is 6.29. The van der Waals surface area contributed by atoms with E-state index in [1.807, 2.05) is 16.7 Å². The molecule has 0 bridgehead atoms. The second-order valence-electron chi connectivity index (χ2n) is 4.81. The molecule has 0 aliphatic carbocycles. The van der Waals surface area contributed by atoms with Crippen LogP contribution in [0.4, 0.5) is 4.79 Å². The van der Waals surface area contributed by atoms with Crippen molar-refractivity contribution in [1.82, 2.24) is 9.80 Å². The van der Waals surface area contributed by atoms with E-state index in [9.17, 15) is 4.79 Å². The predicted octanol–water partition coefficient (Wildman–Crippen LogP) is 1.70. The van der Waals surface area contributed by atoms with E-state index in [-0.39, 0.29) is 12.1 Å². The first-order chi connectivity index (χ1) is 7.77. The molecule has 4 nitrogen and oxygen atoms in total. The molecule has 0 aromatic carbocycles. The number of rotatable bonds is 0. The zero-order valence-electron chi connectivity index (χ0n) is 10.2. The highest BCUT2D eigenvalue weighted by molar-refractivity contribution is 5.74. The normalized spacial score (nSPS) is 27.7. The summed E-state index contributed by atoms with van der Waals surface area (Å²) in [7, 11) is 0. The average Bonchev–Trinajstić information content (AvgIpc) is 2.54. The standard InChI is InChI=1S/C12H22N2O2/c1-11-10-14(8-5-9-16-11)12(15)13-6-3-2-4-7-13/h11H,2-10H2,1H3. The van der Waals surface area contributed by atoms with Crippen LogP contribution in [0.25, 0.3) is 0 Å². The van der Waals surface area contributed by atoms with Gasteiger partial charge in [-0.15, -0.1) is 0 Å². The number of hydrogen-bond donors (Lipinski definition) is 0. The van der Waals surface area contributed by atoms with Gasteiger partial charge in [-0.2, -0.15) is 0 Å². The maximum atomic E-state index is 12.2. The van der Waals surface area contributed by atoms with Crippen LogP contribution >= 0.6 is 0 Å². The number of urea groups is 1. The second-order valence-corrected chi connectivity index (χ2v) is 4.81. The van der Waals surface area contributed by atoms with Crippen molar-refractivity contribution in [3.05, 3.63) is 0 Å². The van der Waals surface area contributed by atoms with Gasteiger partial charge < -0.3 is 14.5 Å². The Morgan fingerprint density at radius 1 is 1.06 bits per heavy atom. The van der Waals surface area contributed by atoms with E-state index >= 15 is 0 Å². The van der Waals surface area contributed by atoms with E-state index < -0.39 is 0 Å². The predicted molar refractivity (Wildman–Crippen MR) is 62.4 cm³/mol. The minimum absolute atomic E-state index is 0.177. The lowest BCUT2D eigenvalue weighted by atomic mass is 10.1. The molecular formula is C12H22N2O2. The fourth-order valence-corrected chi connectivity index (χ4v) is 2.45. The first kappa shape index (κ1) is 11.7. The molecule has 0 saturated carbocycles. The number of piperidine rings is 1. The Labute approximate surface area is 97.5 Å². The van der Waals surface area contributed by atoms with Crippen molar-refractivity contribution in [1.29, 1.82) is 0 Å². The SMILES string of the molecule is CC1CN(C(=O)N2CCCCC2)CCCO1. The van der Waals surface area contributed by atoms with E-state index in [4.69, 9.17) is 4.74 Å². The Morgan fingerprint density at radius 3 is 2.50 bits per heavy atom. The van der Waals surface area contributed by atoms with Gasteiger partial charge in [0, 0.05) is 32.8 Å². The van der Waals surface area contributed by atoms with Gasteiger partial charge in [0.2, 0.25) is 0 Å². The molecule has 2 rings (SSSR count). The number of nitrogens with zero attached hydrogens (tertiary/aromatic N) is 2. The Balaban J connectivity index is 1.91. The fourth-order valence-electron chi connectivity index (χ4n) is 2.45. The third kappa shape index (κ3) is 2.88. The number of carbonyl (C=O) groups is 1. The zero-order chi connectivity index (χ0) is 11.4. The Hall–Kier alpha value is -0.770. The maximum Gasteiger partial charge on any atom is 0.320 e. The molecule has 0 N–H and O–H groups in total. The van der Waals surface area contributed by atoms with Crippen LogP contribution in [0.3, 0.4) is 0 Å². The molecule has 92 valence electrons. The van der Waals surface area contributed by atoms with Crippen LogP contribution in [0.2, 0.25) is 0 Å². The first-order valence-corrected chi connectivity index (χ1v) is 6.43. The first-order valence-electron chi connectivity index (χ1n) is 6.43. The van der Waals surface area contributed by atoms with Gasteiger partial charge >= 0.3 is 6.03 Å². The smallest absolute Gasteiger partial charge is 0.320 e. The van der Waals surface area contributed by atoms with Gasteiger partial charge in [0.15, 0.2) is 0 Å². The summed E-state index contributed by atoms with van der Waals surface area (Å²) in [6.07, 6.45) is 4.72. The van der Waals surface area contributed by atoms with Gasteiger partial charge in [0.1, 0.15) is 0 Å². The lowest BCUT2D eigenvalue weighted by Crippen LogP contribution is -2.47. The minimum Gasteiger partial charge on any atom is -0.377 e. The Kier molecular flexibility index (Phi) is 4.04. The number of hydrogen-bond acceptors (Lipinski definition) is 2. The molecule has 0 radical (unpaired) electrons. The third-order valence-corrected chi connectivity index (χ3v) is 3.35. The lowest BCUT2D eigenvalue weighted by Gasteiger charge is -2.32. The summed E-state index contributed by atoms with van der Waals surface area (Å²) in [5, 5.41) is 0. The molecule has 0 aromatic rings. The number of amides is 2. The van der Waals surface area contributed by atoms with E-state index in [0.717, 1.165) is 52.0 Å². The van der Waals surface area contributed by atoms with Crippen LogP contribution in [0.5, 0.6) is 0 Å². The van der Waals surface area contributed by atoms with Crippen molar-refractivity contribution < 1.29 is 9.53 Å². The Morgan fingerprint density at radius 2 is 1.75 bits per heavy atom. The fraction of sp³-hybridized carbons (Fsp3) is 0.917. The largest absolute Gasteiger partial charge is 0.377 e. The number of likely N-dealkylation sites (tertiary alicyclic amines) is 1. The summed E-state index contributed by atoms with van der Waals surface area (Å²) >= 11 is 0. The molecular weight excluding hydrogens is 204 g/mol. The van der Waals surface area contributed by atoms with Crippen molar-refractivity contribution in [2.45, 2.75) is 38.7 Å². The van der Waals surface area contributed by atoms with Gasteiger partial charge in [0.05, 0.1) is 6.10 Å². The number of carbonyl (C=O) groups excluding carboxylic acids is 1. The van der Waals surface area contributed by atoms with E-state index in [2.05, 4.69) is 0 Å². The summed E-state index contributed by atoms with van der Waals surface area (Å²) in [6, 6.07) is 0.219. The molecule has 2 fully saturated rings. The summed E-state index contributed by atoms with van der Waals surface area (Å²) < 4.78 is 5.56. The van der Waals surface area contributed by atoms with Crippen molar-refractivity contribution in [3.8, 4) is 0 Å². The van der Waals surface area contributed by atoms with Crippen LogP contribution in [-0.4, -0.2) is 54.7 Å². The summed E-state index contributed by atoms with van der Waals surface area (Å²) in [5.74, 6) is 0. The molecule has 1 unspecified atom stereocenters. The van der Waals surface area contributed by atoms with E-state index in [1.54, 1.807) is 0 Å². The van der Waals surface area contributed by atoms with Crippen LogP contribution in [0, 0.1) is 0 Å². The quantitative estimate of drug-likeness (QED) is 0.630. The van der Waals surface area contributed by atoms with Gasteiger partial charge in [-0.25, -0.2) is 4.79 Å². The molecule has 2 amide bonds. The highest BCUT2D eigenvalue weighted by Gasteiger charge is 2.25. The van der Waals surface area contributed by atoms with Crippen molar-refractivity contribution in [2.75, 3.05) is 32.8 Å². The van der Waals surface area contributed by atoms with Gasteiger partial charge in [-0.1, -0.05) is 0 Å². The zero-order valence-corrected chi connectivity index (χ0v) is 10.2. The molecule has 2 heterocycles. The summed E-state index contributed by atoms with van der Waals surface area (Å²) in [4.78, 5) is 16.2. The van der Waals surface area contributed by atoms with E-state index in [1.165, 1.54) is 6.42 Å². The average molecular weight is 226 g/mol. The maximum absolute atomic E-state index is 12.2. The molecule has 4 heteroatoms. The molecule has 0 spiro atoms. The Bertz CT molecular complexity index is 239. The molecule has 2 aliphatic rings. The second kappa shape index (κ2) is 5.53. The van der Waals surface area contributed by atoms with Crippen molar-refractivity contribution in [2.24, 2.45) is 0 Å². The molecule has 16 heavy (non-hydrogen) atoms. The highest BCUT2D eigenvalue weighted by Crippen LogP contribution is 2.13. The highest BCUT2D eigenvalue weighted by atomic mass is 16.5. The molecule has 0 aromatic heterocycles. The van der Waals surface area contributed by atoms with Crippen molar-refractivity contribution in [3.63, 3.8) is 0 Å². The topological polar surface area (TPSA) is 32.8 Å². The van der Waals surface area contributed by atoms with Gasteiger partial charge in [-0.05, 0) is 32.6 Å². The molecule has 2 saturated heterocycles. The molecule has 2 aliphatic heterocycles. The monoisotopic (exact) mass is 226 g/mol. The van der Waals surface area contributed by atoms with Crippen LogP contribution in [0.15, 0.2) is 0 Å². The number of ether oxygens (including phenoxy) is 1. The van der Waals surface area contributed by atoms with Crippen LogP contribution in [0.1, 0.15) is 32.6 Å². The van der Waals surface area contributed by atoms with Crippen molar-refractivity contribution >= 4 is 6.03 Å². The van der Waals surface area contributed by atoms with Crippen LogP contribution < -0.4 is 0 Å². The van der Waals surface area contributed by atoms with Gasteiger partial charge in [-0.3, -0.25) is 0 Å². The minimum atomic E-state index is 0.177. The van der Waals surface area contributed by atoms with E-state index in [0.29, 0.717) is 0 Å². The third-order valence-electron chi connectivity index (χ3n) is 3.35.